The van der Waals surface area contributed by atoms with Crippen LogP contribution in [0.2, 0.25) is 0 Å². The first kappa shape index (κ1) is 70.4. The van der Waals surface area contributed by atoms with Crippen LogP contribution < -0.4 is 49.5 Å². The van der Waals surface area contributed by atoms with Crippen LogP contribution in [0.1, 0.15) is 155 Å². The molecule has 0 aliphatic carbocycles. The quantitative estimate of drug-likeness (QED) is 0.0303. The van der Waals surface area contributed by atoms with Gasteiger partial charge in [-0.25, -0.2) is 19.3 Å². The van der Waals surface area contributed by atoms with E-state index in [2.05, 4.69) is 50.4 Å². The van der Waals surface area contributed by atoms with Gasteiger partial charge in [0.25, 0.3) is 23.5 Å². The maximum Gasteiger partial charge on any atom is 0.274 e. The lowest BCUT2D eigenvalue weighted by Gasteiger charge is -2.35. The number of unbranched alkanes of at least 4 members (excludes halogenated alkanes) is 17. The predicted molar refractivity (Wildman–Crippen MR) is 272 cm³/mol. The minimum absolute atomic E-state index is 0. The Morgan fingerprint density at radius 3 is 1.90 bits per heavy atom. The monoisotopic (exact) mass is 1130 g/mol. The fourth-order valence-corrected chi connectivity index (χ4v) is 11.0. The third kappa shape index (κ3) is 27.4. The molecule has 2 aromatic heterocycles. The molecule has 426 valence electrons. The molecule has 27 nitrogen and oxygen atoms in total. The van der Waals surface area contributed by atoms with Gasteiger partial charge < -0.3 is 82.9 Å². The molecule has 2 amide bonds. The number of nitrogens with two attached hydrogens (primary N) is 1. The van der Waals surface area contributed by atoms with E-state index < -0.39 is 84.6 Å². The second kappa shape index (κ2) is 35.7. The van der Waals surface area contributed by atoms with Crippen LogP contribution in [0.15, 0.2) is 12.7 Å². The van der Waals surface area contributed by atoms with Gasteiger partial charge in [-0.2, -0.15) is 0 Å². The summed E-state index contributed by atoms with van der Waals surface area (Å²) in [6.07, 6.45) is 16.1. The molecule has 1 saturated heterocycles. The van der Waals surface area contributed by atoms with E-state index in [9.17, 15) is 57.9 Å². The molecule has 0 radical (unpaired) electrons. The standard InChI is InChI=1S/C42H76N7O17P3S.3H3N/c1-4-5-6-7-8-9-10-11-12-13-14-15-16-17-18-19-20-21-22-33(51)70-26-25-44-32(50)23-24-45-40(54)37(53)42(2,3)28-63-69(60,61)66-68(58,59)62-27-31-36(65-67(55,56)57)35(52)41(64-31)49-30-48-34-38(43)46-29-47-39(34)49;;;/h29-31,35-37,41,52-53H,4-28H2,1-3H3,(H,44,50)(H,45,54)(H,58,59)(H,60,61)(H2,43,46,47)(H2,55,56,57);3*1H3/t31-,35-,36-,37+,41-;;;/m1.../s1. The van der Waals surface area contributed by atoms with Gasteiger partial charge in [0.05, 0.1) is 19.5 Å². The van der Waals surface area contributed by atoms with Crippen LogP contribution in [-0.2, 0) is 50.7 Å². The van der Waals surface area contributed by atoms with Crippen LogP contribution >= 0.6 is 35.2 Å². The number of phosphoric acid groups is 3. The first-order valence-corrected chi connectivity index (χ1v) is 29.5. The molecular formula is C42H85N10O17P3S. The van der Waals surface area contributed by atoms with Crippen molar-refractivity contribution in [1.82, 2.24) is 48.6 Å². The van der Waals surface area contributed by atoms with E-state index in [0.717, 1.165) is 48.2 Å². The van der Waals surface area contributed by atoms with Crippen molar-refractivity contribution >= 4 is 69.1 Å². The number of ether oxygens (including phenoxy) is 1. The molecule has 1 fully saturated rings. The number of carbonyl (C=O) groups excluding carboxylic acids is 3. The highest BCUT2D eigenvalue weighted by Crippen LogP contribution is 2.56. The second-order valence-corrected chi connectivity index (χ2v) is 23.2. The summed E-state index contributed by atoms with van der Waals surface area (Å²) < 4.78 is 61.2. The molecular weight excluding hydrogens is 1040 g/mol. The SMILES string of the molecule is CCCCCCCCCCCCCCCCCCCCC(=O)SCCNC(=O)CCNC(=O)[C@H](O)C(C)(C)COP(=O)([O-])OP(=O)([O-])OC[C@H]1O[C@@H](n2cnc3c(N)ncnc32)[C@H](O)[C@@H]1OP(=O)([O-])O.[NH4+].[NH4+].[NH4+]. The Kier molecular flexibility index (Phi) is 34.5. The van der Waals surface area contributed by atoms with Crippen LogP contribution in [0.4, 0.5) is 5.82 Å². The van der Waals surface area contributed by atoms with Crippen molar-refractivity contribution in [3.63, 3.8) is 0 Å². The number of nitrogen functional groups attached to an aromatic ring is 1. The molecule has 19 N–H and O–H groups in total. The van der Waals surface area contributed by atoms with Gasteiger partial charge in [-0.3, -0.25) is 32.6 Å². The van der Waals surface area contributed by atoms with Crippen molar-refractivity contribution in [3.05, 3.63) is 12.7 Å². The molecule has 0 aromatic carbocycles. The van der Waals surface area contributed by atoms with Gasteiger partial charge in [0, 0.05) is 37.1 Å². The zero-order chi connectivity index (χ0) is 51.8. The molecule has 3 rings (SSSR count). The summed E-state index contributed by atoms with van der Waals surface area (Å²) in [5.74, 6) is -1.10. The normalized spacial score (nSPS) is 19.6. The Morgan fingerprint density at radius 2 is 1.36 bits per heavy atom. The van der Waals surface area contributed by atoms with Gasteiger partial charge in [-0.1, -0.05) is 142 Å². The number of amides is 2. The number of quaternary nitrogens is 3. The highest BCUT2D eigenvalue weighted by atomic mass is 32.2. The van der Waals surface area contributed by atoms with E-state index in [1.54, 1.807) is 0 Å². The minimum Gasteiger partial charge on any atom is -0.756 e. The van der Waals surface area contributed by atoms with E-state index in [4.69, 9.17) is 10.5 Å². The summed E-state index contributed by atoms with van der Waals surface area (Å²) in [7, 11) is -17.3. The Morgan fingerprint density at radius 1 is 0.822 bits per heavy atom. The lowest BCUT2D eigenvalue weighted by Crippen LogP contribution is -2.46. The molecule has 0 spiro atoms. The smallest absolute Gasteiger partial charge is 0.274 e. The summed E-state index contributed by atoms with van der Waals surface area (Å²) in [6, 6.07) is 0. The highest BCUT2D eigenvalue weighted by molar-refractivity contribution is 8.13. The molecule has 0 bridgehead atoms. The summed E-state index contributed by atoms with van der Waals surface area (Å²) in [6.45, 7) is 2.49. The molecule has 73 heavy (non-hydrogen) atoms. The maximum absolute atomic E-state index is 12.7. The Labute approximate surface area is 432 Å². The van der Waals surface area contributed by atoms with Crippen molar-refractivity contribution in [1.29, 1.82) is 0 Å². The molecule has 3 unspecified atom stereocenters. The summed E-state index contributed by atoms with van der Waals surface area (Å²) >= 11 is 1.15. The van der Waals surface area contributed by atoms with E-state index in [-0.39, 0.29) is 60.1 Å². The summed E-state index contributed by atoms with van der Waals surface area (Å²) in [5, 5.41) is 26.6. The molecule has 0 saturated carbocycles. The second-order valence-electron chi connectivity index (χ2n) is 18.0. The van der Waals surface area contributed by atoms with Crippen molar-refractivity contribution in [2.24, 2.45) is 5.41 Å². The van der Waals surface area contributed by atoms with Gasteiger partial charge in [-0.15, -0.1) is 0 Å². The average molecular weight is 1130 g/mol. The summed E-state index contributed by atoms with van der Waals surface area (Å²) in [4.78, 5) is 95.0. The van der Waals surface area contributed by atoms with Crippen LogP contribution in [0.5, 0.6) is 0 Å². The molecule has 8 atom stereocenters. The zero-order valence-electron chi connectivity index (χ0n) is 43.4. The van der Waals surface area contributed by atoms with Crippen molar-refractivity contribution < 1.29 is 80.5 Å². The molecule has 31 heteroatoms. The fraction of sp³-hybridized carbons (Fsp3) is 0.810. The Hall–Kier alpha value is -2.56. The van der Waals surface area contributed by atoms with Gasteiger partial charge in [0.1, 0.15) is 36.3 Å². The van der Waals surface area contributed by atoms with Crippen molar-refractivity contribution in [2.45, 2.75) is 180 Å². The topological polar surface area (TPSA) is 482 Å². The number of aliphatic hydroxyl groups is 2. The number of nitrogens with zero attached hydrogens (tertiary/aromatic N) is 4. The largest absolute Gasteiger partial charge is 0.756 e. The number of rotatable bonds is 38. The minimum atomic E-state index is -5.90. The summed E-state index contributed by atoms with van der Waals surface area (Å²) in [5.41, 5.74) is 4.14. The molecule has 3 heterocycles. The molecule has 2 aromatic rings. The van der Waals surface area contributed by atoms with E-state index in [0.29, 0.717) is 12.2 Å². The van der Waals surface area contributed by atoms with Crippen LogP contribution in [0.25, 0.3) is 11.2 Å². The number of phosphoric ester groups is 3. The molecule has 1 aliphatic heterocycles. The third-order valence-electron chi connectivity index (χ3n) is 11.5. The first-order chi connectivity index (χ1) is 33.1. The Bertz CT molecular complexity index is 2060. The lowest BCUT2D eigenvalue weighted by molar-refractivity contribution is -0.247. The number of anilines is 1. The molecule has 1 aliphatic rings. The van der Waals surface area contributed by atoms with Crippen molar-refractivity contribution in [3.8, 4) is 0 Å². The zero-order valence-corrected chi connectivity index (χ0v) is 46.9. The fourth-order valence-electron chi connectivity index (χ4n) is 7.52. The number of thioether (sulfide) groups is 1. The van der Waals surface area contributed by atoms with Gasteiger partial charge in [-0.05, 0) is 6.42 Å². The average Bonchev–Trinajstić information content (AvgIpc) is 3.85. The first-order valence-electron chi connectivity index (χ1n) is 24.0. The lowest BCUT2D eigenvalue weighted by atomic mass is 9.87. The predicted octanol–water partition coefficient (Wildman–Crippen LogP) is 5.33. The number of fused-ring (bicyclic) bond motifs is 1. The number of carbonyl (C=O) groups is 3. The van der Waals surface area contributed by atoms with Gasteiger partial charge in [0.15, 0.2) is 22.8 Å². The van der Waals surface area contributed by atoms with Gasteiger partial charge >= 0.3 is 0 Å². The van der Waals surface area contributed by atoms with E-state index >= 15 is 0 Å². The third-order valence-corrected chi connectivity index (χ3v) is 15.4. The number of aromatic nitrogens is 4. The highest BCUT2D eigenvalue weighted by Gasteiger charge is 2.48. The van der Waals surface area contributed by atoms with Crippen LogP contribution in [-0.4, -0.2) is 108 Å². The number of hydrogen-bond donors (Lipinski definition) is 9. The van der Waals surface area contributed by atoms with Crippen LogP contribution in [0, 0.1) is 5.41 Å². The van der Waals surface area contributed by atoms with Crippen molar-refractivity contribution in [2.75, 3.05) is 37.8 Å². The Balaban J connectivity index is 0.0000173. The van der Waals surface area contributed by atoms with E-state index in [1.165, 1.54) is 110 Å². The van der Waals surface area contributed by atoms with Crippen LogP contribution in [0.3, 0.4) is 0 Å². The number of hydrogen-bond acceptors (Lipinski definition) is 21. The van der Waals surface area contributed by atoms with E-state index in [1.807, 2.05) is 0 Å². The number of nitrogens with one attached hydrogen (secondary N) is 2. The maximum atomic E-state index is 12.7. The number of imidazole rings is 1. The van der Waals surface area contributed by atoms with Gasteiger partial charge in [0.2, 0.25) is 11.8 Å². The number of aliphatic hydroxyl groups excluding tert-OH is 2.